The Bertz CT molecular complexity index is 1330. The second-order valence-electron chi connectivity index (χ2n) is 13.1. The predicted octanol–water partition coefficient (Wildman–Crippen LogP) is 6.04. The summed E-state index contributed by atoms with van der Waals surface area (Å²) < 4.78 is 10.3. The molecular formula is C35H47N3O7. The molecule has 2 atom stereocenters. The molecule has 2 amide bonds. The SMILES string of the molecule is COC(=O)C(=O)N(c1ccccc1NC(=O)OC(C)(C)C)C1CCN(C2(C(=O)O)CCCCCCC2Cc2ccccc2)CC1. The maximum Gasteiger partial charge on any atom is 0.412 e. The summed E-state index contributed by atoms with van der Waals surface area (Å²) in [4.78, 5) is 55.7. The van der Waals surface area contributed by atoms with E-state index in [0.717, 1.165) is 44.8 Å². The summed E-state index contributed by atoms with van der Waals surface area (Å²) in [5, 5.41) is 13.7. The minimum Gasteiger partial charge on any atom is -0.480 e. The number of ether oxygens (including phenoxy) is 2. The Kier molecular flexibility index (Phi) is 11.3. The quantitative estimate of drug-likeness (QED) is 0.283. The lowest BCUT2D eigenvalue weighted by molar-refractivity contribution is -0.159. The zero-order chi connectivity index (χ0) is 32.6. The van der Waals surface area contributed by atoms with Gasteiger partial charge in [-0.2, -0.15) is 0 Å². The Morgan fingerprint density at radius 1 is 0.933 bits per heavy atom. The lowest BCUT2D eigenvalue weighted by Gasteiger charge is -2.50. The van der Waals surface area contributed by atoms with Crippen LogP contribution in [0.4, 0.5) is 16.2 Å². The van der Waals surface area contributed by atoms with Crippen LogP contribution in [0.5, 0.6) is 0 Å². The van der Waals surface area contributed by atoms with Crippen LogP contribution in [0.15, 0.2) is 54.6 Å². The molecule has 4 rings (SSSR count). The number of carbonyl (C=O) groups excluding carboxylic acids is 3. The van der Waals surface area contributed by atoms with E-state index in [1.54, 1.807) is 45.0 Å². The normalized spacial score (nSPS) is 21.6. The number of piperidine rings is 1. The van der Waals surface area contributed by atoms with Crippen molar-refractivity contribution in [2.75, 3.05) is 30.4 Å². The first-order valence-electron chi connectivity index (χ1n) is 16.0. The van der Waals surface area contributed by atoms with Gasteiger partial charge in [0.25, 0.3) is 0 Å². The van der Waals surface area contributed by atoms with Gasteiger partial charge >= 0.3 is 23.9 Å². The number of esters is 1. The number of rotatable bonds is 7. The number of aliphatic carboxylic acids is 1. The fourth-order valence-electron chi connectivity index (χ4n) is 6.97. The smallest absolute Gasteiger partial charge is 0.412 e. The number of hydrogen-bond donors (Lipinski definition) is 2. The van der Waals surface area contributed by atoms with Crippen LogP contribution in [0.25, 0.3) is 0 Å². The molecule has 1 aliphatic heterocycles. The Balaban J connectivity index is 1.63. The van der Waals surface area contributed by atoms with E-state index < -0.39 is 41.1 Å². The van der Waals surface area contributed by atoms with E-state index in [4.69, 9.17) is 9.47 Å². The summed E-state index contributed by atoms with van der Waals surface area (Å²) in [5.41, 5.74) is 0.0271. The second kappa shape index (κ2) is 14.9. The van der Waals surface area contributed by atoms with Gasteiger partial charge in [0, 0.05) is 19.1 Å². The first-order valence-corrected chi connectivity index (χ1v) is 16.0. The fraction of sp³-hybridized carbons (Fsp3) is 0.543. The number of nitrogens with zero attached hydrogens (tertiary/aromatic N) is 2. The van der Waals surface area contributed by atoms with Crippen molar-refractivity contribution in [1.82, 2.24) is 4.90 Å². The van der Waals surface area contributed by atoms with E-state index in [9.17, 15) is 24.3 Å². The molecule has 1 saturated heterocycles. The molecule has 1 aliphatic carbocycles. The minimum atomic E-state index is -1.03. The number of anilines is 2. The lowest BCUT2D eigenvalue weighted by Crippen LogP contribution is -2.63. The number of amides is 2. The van der Waals surface area contributed by atoms with Crippen molar-refractivity contribution < 1.29 is 33.8 Å². The maximum absolute atomic E-state index is 13.5. The van der Waals surface area contributed by atoms with Crippen molar-refractivity contribution in [2.45, 2.75) is 95.7 Å². The van der Waals surface area contributed by atoms with Gasteiger partial charge in [-0.1, -0.05) is 68.1 Å². The number of nitrogens with one attached hydrogen (secondary N) is 1. The van der Waals surface area contributed by atoms with Gasteiger partial charge < -0.3 is 14.6 Å². The highest BCUT2D eigenvalue weighted by Crippen LogP contribution is 2.41. The summed E-state index contributed by atoms with van der Waals surface area (Å²) >= 11 is 0. The molecule has 1 heterocycles. The van der Waals surface area contributed by atoms with Crippen LogP contribution in [0, 0.1) is 5.92 Å². The molecule has 2 aromatic carbocycles. The number of hydrogen-bond acceptors (Lipinski definition) is 7. The topological polar surface area (TPSA) is 125 Å². The van der Waals surface area contributed by atoms with Gasteiger partial charge in [0.2, 0.25) is 0 Å². The van der Waals surface area contributed by atoms with Crippen molar-refractivity contribution in [3.8, 4) is 0 Å². The molecule has 1 saturated carbocycles. The molecule has 0 spiro atoms. The number of benzene rings is 2. The highest BCUT2D eigenvalue weighted by atomic mass is 16.6. The summed E-state index contributed by atoms with van der Waals surface area (Å²) in [6.07, 6.45) is 6.22. The van der Waals surface area contributed by atoms with E-state index >= 15 is 0 Å². The van der Waals surface area contributed by atoms with Crippen molar-refractivity contribution in [3.05, 3.63) is 60.2 Å². The maximum atomic E-state index is 13.5. The van der Waals surface area contributed by atoms with Gasteiger partial charge in [-0.25, -0.2) is 9.59 Å². The first kappa shape index (κ1) is 34.0. The van der Waals surface area contributed by atoms with Crippen LogP contribution in [-0.2, 0) is 30.3 Å². The molecule has 2 fully saturated rings. The Morgan fingerprint density at radius 3 is 2.22 bits per heavy atom. The highest BCUT2D eigenvalue weighted by molar-refractivity contribution is 6.38. The number of likely N-dealkylation sites (tertiary alicyclic amines) is 1. The summed E-state index contributed by atoms with van der Waals surface area (Å²) in [6.45, 7) is 6.14. The van der Waals surface area contributed by atoms with Gasteiger partial charge in [-0.15, -0.1) is 0 Å². The van der Waals surface area contributed by atoms with Gasteiger partial charge in [0.1, 0.15) is 11.1 Å². The van der Waals surface area contributed by atoms with Crippen molar-refractivity contribution in [3.63, 3.8) is 0 Å². The largest absolute Gasteiger partial charge is 0.480 e. The molecule has 10 heteroatoms. The molecule has 45 heavy (non-hydrogen) atoms. The molecule has 2 unspecified atom stereocenters. The Labute approximate surface area is 266 Å². The van der Waals surface area contributed by atoms with Gasteiger partial charge in [0.05, 0.1) is 18.5 Å². The summed E-state index contributed by atoms with van der Waals surface area (Å²) in [6, 6.07) is 16.4. The summed E-state index contributed by atoms with van der Waals surface area (Å²) in [7, 11) is 1.16. The van der Waals surface area contributed by atoms with Crippen molar-refractivity contribution >= 4 is 35.3 Å². The van der Waals surface area contributed by atoms with Crippen molar-refractivity contribution in [2.24, 2.45) is 5.92 Å². The number of carboxylic acids is 1. The average molecular weight is 622 g/mol. The van der Waals surface area contributed by atoms with E-state index in [0.29, 0.717) is 50.1 Å². The monoisotopic (exact) mass is 621 g/mol. The van der Waals surface area contributed by atoms with Crippen LogP contribution in [-0.4, -0.2) is 71.3 Å². The van der Waals surface area contributed by atoms with Crippen molar-refractivity contribution in [1.29, 1.82) is 0 Å². The Hall–Kier alpha value is -3.92. The lowest BCUT2D eigenvalue weighted by atomic mass is 9.70. The van der Waals surface area contributed by atoms with E-state index in [2.05, 4.69) is 22.3 Å². The standard InChI is InChI=1S/C35H47N3O7/c1-34(2,3)45-33(43)36-28-17-11-12-18-29(28)38(30(39)31(40)44-4)27-19-22-37(23-20-27)35(32(41)42)21-13-6-5-10-16-26(35)24-25-14-8-7-9-15-25/h7-9,11-12,14-15,17-18,26-27H,5-6,10,13,16,19-24H2,1-4H3,(H,36,43)(H,41,42). The van der Waals surface area contributed by atoms with Crippen LogP contribution in [0.3, 0.4) is 0 Å². The molecule has 0 radical (unpaired) electrons. The van der Waals surface area contributed by atoms with Gasteiger partial charge in [-0.05, 0) is 76.5 Å². The van der Waals surface area contributed by atoms with Crippen LogP contribution >= 0.6 is 0 Å². The molecular weight excluding hydrogens is 574 g/mol. The molecule has 10 nitrogen and oxygen atoms in total. The third kappa shape index (κ3) is 8.22. The highest BCUT2D eigenvalue weighted by Gasteiger charge is 2.51. The summed E-state index contributed by atoms with van der Waals surface area (Å²) in [5.74, 6) is -2.73. The Morgan fingerprint density at radius 2 is 1.58 bits per heavy atom. The van der Waals surface area contributed by atoms with Crippen LogP contribution < -0.4 is 10.2 Å². The third-order valence-corrected chi connectivity index (χ3v) is 9.00. The third-order valence-electron chi connectivity index (χ3n) is 9.00. The molecule has 244 valence electrons. The van der Waals surface area contributed by atoms with E-state index in [1.807, 2.05) is 18.2 Å². The second-order valence-corrected chi connectivity index (χ2v) is 13.1. The van der Waals surface area contributed by atoms with E-state index in [-0.39, 0.29) is 5.92 Å². The molecule has 0 aromatic heterocycles. The number of carbonyl (C=O) groups is 4. The minimum absolute atomic E-state index is 0.0687. The molecule has 2 N–H and O–H groups in total. The molecule has 2 aromatic rings. The van der Waals surface area contributed by atoms with Gasteiger partial charge in [-0.3, -0.25) is 24.7 Å². The zero-order valence-corrected chi connectivity index (χ0v) is 26.9. The van der Waals surface area contributed by atoms with E-state index in [1.165, 1.54) is 4.90 Å². The van der Waals surface area contributed by atoms with Gasteiger partial charge in [0.15, 0.2) is 0 Å². The number of methoxy groups -OCH3 is 1. The van der Waals surface area contributed by atoms with Crippen LogP contribution in [0.1, 0.15) is 77.7 Å². The number of carboxylic acid groups (broad SMARTS) is 1. The average Bonchev–Trinajstić information content (AvgIpc) is 2.99. The first-order chi connectivity index (χ1) is 21.5. The molecule has 0 bridgehead atoms. The zero-order valence-electron chi connectivity index (χ0n) is 26.9. The molecule has 2 aliphatic rings. The number of para-hydroxylation sites is 2. The predicted molar refractivity (Wildman–Crippen MR) is 172 cm³/mol. The fourth-order valence-corrected chi connectivity index (χ4v) is 6.97. The van der Waals surface area contributed by atoms with Crippen LogP contribution in [0.2, 0.25) is 0 Å².